The first-order chi connectivity index (χ1) is 10.8. The van der Waals surface area contributed by atoms with Gasteiger partial charge in [-0.1, -0.05) is 0 Å². The summed E-state index contributed by atoms with van der Waals surface area (Å²) in [6, 6.07) is 0. The summed E-state index contributed by atoms with van der Waals surface area (Å²) in [5.41, 5.74) is 0. The molecule has 23 heavy (non-hydrogen) atoms. The number of rotatable bonds is 3. The Morgan fingerprint density at radius 1 is 0.957 bits per heavy atom. The van der Waals surface area contributed by atoms with Gasteiger partial charge in [-0.2, -0.15) is 0 Å². The highest BCUT2D eigenvalue weighted by Gasteiger charge is 2.59. The first-order valence-corrected chi connectivity index (χ1v) is 8.43. The van der Waals surface area contributed by atoms with Gasteiger partial charge in [-0.25, -0.2) is 0 Å². The summed E-state index contributed by atoms with van der Waals surface area (Å²) in [7, 11) is 0. The van der Waals surface area contributed by atoms with E-state index in [1.807, 2.05) is 27.7 Å². The van der Waals surface area contributed by atoms with Crippen molar-refractivity contribution in [3.05, 3.63) is 0 Å². The number of ether oxygens (including phenoxy) is 7. The molecule has 0 bridgehead atoms. The number of hydrogen-bond acceptors (Lipinski definition) is 7. The van der Waals surface area contributed by atoms with E-state index in [1.165, 1.54) is 0 Å². The van der Waals surface area contributed by atoms with Crippen molar-refractivity contribution in [1.29, 1.82) is 0 Å². The molecule has 0 spiro atoms. The van der Waals surface area contributed by atoms with E-state index in [2.05, 4.69) is 0 Å². The van der Waals surface area contributed by atoms with Gasteiger partial charge in [0.1, 0.15) is 24.4 Å². The van der Waals surface area contributed by atoms with Crippen LogP contribution in [0.1, 0.15) is 40.5 Å². The van der Waals surface area contributed by atoms with Crippen LogP contribution in [0.3, 0.4) is 0 Å². The Hall–Kier alpha value is -0.280. The Bertz CT molecular complexity index is 446. The standard InChI is InChI=1S/C16H26O7/c1-15(2)18-8-9(21-15)11-12(19-10-6-5-7-17-10)13-14(20-11)23-16(3,4)22-13/h9-14H,5-8H2,1-4H3/t9-,10?,11-,12+,13-,14-/m1/s1. The predicted molar refractivity (Wildman–Crippen MR) is 77.4 cm³/mol. The highest BCUT2D eigenvalue weighted by Crippen LogP contribution is 2.42. The Kier molecular flexibility index (Phi) is 3.96. The third-order valence-electron chi connectivity index (χ3n) is 4.62. The van der Waals surface area contributed by atoms with Crippen molar-refractivity contribution in [2.45, 2.75) is 89.1 Å². The van der Waals surface area contributed by atoms with Crippen LogP contribution in [0.25, 0.3) is 0 Å². The topological polar surface area (TPSA) is 64.6 Å². The van der Waals surface area contributed by atoms with Crippen LogP contribution in [0, 0.1) is 0 Å². The summed E-state index contributed by atoms with van der Waals surface area (Å²) in [5, 5.41) is 0. The lowest BCUT2D eigenvalue weighted by atomic mass is 10.1. The Labute approximate surface area is 136 Å². The Balaban J connectivity index is 1.51. The molecule has 4 rings (SSSR count). The summed E-state index contributed by atoms with van der Waals surface area (Å²) < 4.78 is 41.4. The maximum atomic E-state index is 6.18. The predicted octanol–water partition coefficient (Wildman–Crippen LogP) is 1.54. The SMILES string of the molecule is CC1(C)O[C@H]2O[C@H]([C@H]3COC(C)(C)O3)[C@H](OC3CCCO3)[C@H]2O1. The van der Waals surface area contributed by atoms with E-state index in [0.29, 0.717) is 6.61 Å². The molecule has 6 atom stereocenters. The van der Waals surface area contributed by atoms with Gasteiger partial charge < -0.3 is 33.2 Å². The minimum atomic E-state index is -0.676. The minimum absolute atomic E-state index is 0.211. The lowest BCUT2D eigenvalue weighted by molar-refractivity contribution is -0.250. The molecule has 0 aliphatic carbocycles. The van der Waals surface area contributed by atoms with Gasteiger partial charge in [0.2, 0.25) is 0 Å². The Morgan fingerprint density at radius 3 is 2.43 bits per heavy atom. The summed E-state index contributed by atoms with van der Waals surface area (Å²) >= 11 is 0. The molecule has 0 saturated carbocycles. The third kappa shape index (κ3) is 3.16. The van der Waals surface area contributed by atoms with E-state index < -0.39 is 17.9 Å². The normalized spacial score (nSPS) is 48.0. The van der Waals surface area contributed by atoms with Crippen molar-refractivity contribution in [1.82, 2.24) is 0 Å². The van der Waals surface area contributed by atoms with Crippen molar-refractivity contribution < 1.29 is 33.2 Å². The quantitative estimate of drug-likeness (QED) is 0.777. The van der Waals surface area contributed by atoms with Crippen LogP contribution in [0.2, 0.25) is 0 Å². The average Bonchev–Trinajstić information content (AvgIpc) is 3.17. The molecular weight excluding hydrogens is 304 g/mol. The fourth-order valence-electron chi connectivity index (χ4n) is 3.67. The third-order valence-corrected chi connectivity index (χ3v) is 4.62. The molecule has 0 N–H and O–H groups in total. The highest BCUT2D eigenvalue weighted by atomic mass is 16.9. The molecule has 4 saturated heterocycles. The summed E-state index contributed by atoms with van der Waals surface area (Å²) in [6.07, 6.45) is 0.137. The first-order valence-electron chi connectivity index (χ1n) is 8.43. The number of hydrogen-bond donors (Lipinski definition) is 0. The second-order valence-corrected chi connectivity index (χ2v) is 7.48. The van der Waals surface area contributed by atoms with E-state index in [0.717, 1.165) is 19.4 Å². The van der Waals surface area contributed by atoms with Crippen molar-refractivity contribution in [2.24, 2.45) is 0 Å². The van der Waals surface area contributed by atoms with Crippen molar-refractivity contribution in [2.75, 3.05) is 13.2 Å². The Morgan fingerprint density at radius 2 is 1.78 bits per heavy atom. The lowest BCUT2D eigenvalue weighted by Crippen LogP contribution is -2.45. The van der Waals surface area contributed by atoms with Crippen LogP contribution in [-0.2, 0) is 33.2 Å². The molecule has 0 amide bonds. The van der Waals surface area contributed by atoms with E-state index in [4.69, 9.17) is 33.2 Å². The fourth-order valence-corrected chi connectivity index (χ4v) is 3.67. The molecular formula is C16H26O7. The molecule has 4 heterocycles. The van der Waals surface area contributed by atoms with Gasteiger partial charge in [0, 0.05) is 13.0 Å². The van der Waals surface area contributed by atoms with Crippen LogP contribution in [0.15, 0.2) is 0 Å². The van der Waals surface area contributed by atoms with Crippen LogP contribution in [0.4, 0.5) is 0 Å². The second-order valence-electron chi connectivity index (χ2n) is 7.48. The van der Waals surface area contributed by atoms with Crippen LogP contribution >= 0.6 is 0 Å². The van der Waals surface area contributed by atoms with Gasteiger partial charge in [-0.05, 0) is 34.1 Å². The van der Waals surface area contributed by atoms with E-state index in [1.54, 1.807) is 0 Å². The molecule has 0 aromatic carbocycles. The zero-order chi connectivity index (χ0) is 16.2. The zero-order valence-corrected chi connectivity index (χ0v) is 14.2. The lowest BCUT2D eigenvalue weighted by Gasteiger charge is -2.30. The molecule has 132 valence electrons. The van der Waals surface area contributed by atoms with Crippen molar-refractivity contribution >= 4 is 0 Å². The van der Waals surface area contributed by atoms with Crippen molar-refractivity contribution in [3.63, 3.8) is 0 Å². The van der Waals surface area contributed by atoms with E-state index >= 15 is 0 Å². The average molecular weight is 330 g/mol. The number of fused-ring (bicyclic) bond motifs is 1. The maximum Gasteiger partial charge on any atom is 0.190 e. The zero-order valence-electron chi connectivity index (χ0n) is 14.2. The molecule has 7 nitrogen and oxygen atoms in total. The van der Waals surface area contributed by atoms with Gasteiger partial charge in [-0.15, -0.1) is 0 Å². The maximum absolute atomic E-state index is 6.18. The largest absolute Gasteiger partial charge is 0.353 e. The molecule has 4 aliphatic heterocycles. The minimum Gasteiger partial charge on any atom is -0.353 e. The fraction of sp³-hybridized carbons (Fsp3) is 1.00. The summed E-state index contributed by atoms with van der Waals surface area (Å²) in [5.74, 6) is -1.29. The highest BCUT2D eigenvalue weighted by molar-refractivity contribution is 4.99. The van der Waals surface area contributed by atoms with Crippen LogP contribution in [0.5, 0.6) is 0 Å². The molecule has 7 heteroatoms. The molecule has 0 aromatic heterocycles. The van der Waals surface area contributed by atoms with Crippen LogP contribution in [-0.4, -0.2) is 61.8 Å². The van der Waals surface area contributed by atoms with Crippen molar-refractivity contribution in [3.8, 4) is 0 Å². The van der Waals surface area contributed by atoms with Gasteiger partial charge in [-0.3, -0.25) is 0 Å². The monoisotopic (exact) mass is 330 g/mol. The molecule has 4 aliphatic rings. The van der Waals surface area contributed by atoms with Gasteiger partial charge in [0.25, 0.3) is 0 Å². The smallest absolute Gasteiger partial charge is 0.190 e. The molecule has 0 radical (unpaired) electrons. The molecule has 1 unspecified atom stereocenters. The van der Waals surface area contributed by atoms with Gasteiger partial charge in [0.05, 0.1) is 6.61 Å². The van der Waals surface area contributed by atoms with Gasteiger partial charge >= 0.3 is 0 Å². The van der Waals surface area contributed by atoms with E-state index in [-0.39, 0.29) is 30.7 Å². The van der Waals surface area contributed by atoms with Gasteiger partial charge in [0.15, 0.2) is 24.2 Å². The second kappa shape index (κ2) is 5.62. The summed E-state index contributed by atoms with van der Waals surface area (Å²) in [4.78, 5) is 0. The van der Waals surface area contributed by atoms with Crippen LogP contribution < -0.4 is 0 Å². The molecule has 0 aromatic rings. The summed E-state index contributed by atoms with van der Waals surface area (Å²) in [6.45, 7) is 8.75. The van der Waals surface area contributed by atoms with E-state index in [9.17, 15) is 0 Å². The molecule has 4 fully saturated rings. The first kappa shape index (κ1) is 16.2.